The van der Waals surface area contributed by atoms with Crippen LogP contribution in [0.15, 0.2) is 71.8 Å². The van der Waals surface area contributed by atoms with E-state index in [0.29, 0.717) is 17.3 Å². The Labute approximate surface area is 151 Å². The number of sulfonamides is 1. The lowest BCUT2D eigenvalue weighted by atomic mass is 10.3. The van der Waals surface area contributed by atoms with Crippen molar-refractivity contribution in [2.75, 3.05) is 17.1 Å². The van der Waals surface area contributed by atoms with Crippen LogP contribution in [0.1, 0.15) is 0 Å². The maximum Gasteiger partial charge on any atom is 0.261 e. The van der Waals surface area contributed by atoms with Gasteiger partial charge in [0.25, 0.3) is 10.0 Å². The quantitative estimate of drug-likeness (QED) is 0.575. The third-order valence-corrected chi connectivity index (χ3v) is 4.92. The Morgan fingerprint density at radius 1 is 0.923 bits per heavy atom. The zero-order valence-electron chi connectivity index (χ0n) is 13.9. The lowest BCUT2D eigenvalue weighted by molar-refractivity contribution is 0.414. The molecule has 1 heterocycles. The molecule has 0 unspecified atom stereocenters. The summed E-state index contributed by atoms with van der Waals surface area (Å²) in [5.74, 6) is 1.30. The van der Waals surface area contributed by atoms with Crippen molar-refractivity contribution in [1.82, 2.24) is 4.98 Å². The molecular formula is C18H17N3O4S. The summed E-state index contributed by atoms with van der Waals surface area (Å²) < 4.78 is 32.3. The molecule has 0 fully saturated rings. The van der Waals surface area contributed by atoms with Gasteiger partial charge in [0.15, 0.2) is 0 Å². The van der Waals surface area contributed by atoms with Crippen LogP contribution in [0, 0.1) is 0 Å². The van der Waals surface area contributed by atoms with Gasteiger partial charge in [-0.1, -0.05) is 0 Å². The zero-order valence-corrected chi connectivity index (χ0v) is 14.7. The van der Waals surface area contributed by atoms with Gasteiger partial charge in [-0.15, -0.1) is 0 Å². The SMILES string of the molecule is COc1ccc(S(=O)(=O)Nc2ccc(Nc3ccc(O)cc3)nc2)cc1. The molecule has 0 aliphatic heterocycles. The summed E-state index contributed by atoms with van der Waals surface area (Å²) in [7, 11) is -2.19. The fourth-order valence-corrected chi connectivity index (χ4v) is 3.23. The highest BCUT2D eigenvalue weighted by Crippen LogP contribution is 2.21. The largest absolute Gasteiger partial charge is 0.508 e. The molecule has 0 saturated carbocycles. The van der Waals surface area contributed by atoms with E-state index in [9.17, 15) is 13.5 Å². The molecule has 7 nitrogen and oxygen atoms in total. The number of aromatic hydroxyl groups is 1. The van der Waals surface area contributed by atoms with Crippen LogP contribution in [0.25, 0.3) is 0 Å². The summed E-state index contributed by atoms with van der Waals surface area (Å²) >= 11 is 0. The molecule has 26 heavy (non-hydrogen) atoms. The number of methoxy groups -OCH3 is 1. The second-order valence-corrected chi connectivity index (χ2v) is 7.07. The Morgan fingerprint density at radius 2 is 1.58 bits per heavy atom. The van der Waals surface area contributed by atoms with Gasteiger partial charge in [-0.25, -0.2) is 13.4 Å². The van der Waals surface area contributed by atoms with E-state index in [0.717, 1.165) is 5.69 Å². The fourth-order valence-electron chi connectivity index (χ4n) is 2.19. The van der Waals surface area contributed by atoms with Crippen LogP contribution in [0.4, 0.5) is 17.2 Å². The van der Waals surface area contributed by atoms with E-state index < -0.39 is 10.0 Å². The van der Waals surface area contributed by atoms with E-state index in [1.54, 1.807) is 48.5 Å². The molecule has 0 saturated heterocycles. The molecule has 0 radical (unpaired) electrons. The van der Waals surface area contributed by atoms with Crippen molar-refractivity contribution in [2.24, 2.45) is 0 Å². The normalized spacial score (nSPS) is 11.0. The molecule has 134 valence electrons. The average molecular weight is 371 g/mol. The summed E-state index contributed by atoms with van der Waals surface area (Å²) in [5.41, 5.74) is 1.10. The monoisotopic (exact) mass is 371 g/mol. The maximum absolute atomic E-state index is 12.4. The molecule has 0 aliphatic rings. The Morgan fingerprint density at radius 3 is 2.15 bits per heavy atom. The highest BCUT2D eigenvalue weighted by Gasteiger charge is 2.14. The van der Waals surface area contributed by atoms with Gasteiger partial charge in [0, 0.05) is 5.69 Å². The molecule has 0 spiro atoms. The summed E-state index contributed by atoms with van der Waals surface area (Å²) in [6.07, 6.45) is 1.42. The Kier molecular flexibility index (Phi) is 4.94. The lowest BCUT2D eigenvalue weighted by Gasteiger charge is -2.10. The number of rotatable bonds is 6. The van der Waals surface area contributed by atoms with Gasteiger partial charge >= 0.3 is 0 Å². The smallest absolute Gasteiger partial charge is 0.261 e. The van der Waals surface area contributed by atoms with E-state index in [4.69, 9.17) is 4.74 Å². The molecule has 0 amide bonds. The Hall–Kier alpha value is -3.26. The Balaban J connectivity index is 1.70. The average Bonchev–Trinajstić information content (AvgIpc) is 2.65. The summed E-state index contributed by atoms with van der Waals surface area (Å²) in [5, 5.41) is 12.3. The third-order valence-electron chi connectivity index (χ3n) is 3.53. The number of hydrogen-bond donors (Lipinski definition) is 3. The van der Waals surface area contributed by atoms with Crippen LogP contribution in [-0.4, -0.2) is 25.6 Å². The van der Waals surface area contributed by atoms with Crippen molar-refractivity contribution < 1.29 is 18.3 Å². The van der Waals surface area contributed by atoms with Crippen molar-refractivity contribution in [3.8, 4) is 11.5 Å². The van der Waals surface area contributed by atoms with Gasteiger partial charge in [0.05, 0.1) is 23.9 Å². The topological polar surface area (TPSA) is 101 Å². The van der Waals surface area contributed by atoms with E-state index in [-0.39, 0.29) is 10.6 Å². The predicted molar refractivity (Wildman–Crippen MR) is 99.4 cm³/mol. The first-order valence-corrected chi connectivity index (χ1v) is 9.13. The first kappa shape index (κ1) is 17.6. The van der Waals surface area contributed by atoms with E-state index >= 15 is 0 Å². The highest BCUT2D eigenvalue weighted by molar-refractivity contribution is 7.92. The molecule has 3 aromatic rings. The standard InChI is InChI=1S/C18H17N3O4S/c1-25-16-7-9-17(10-8-16)26(23,24)21-14-4-11-18(19-12-14)20-13-2-5-15(22)6-3-13/h2-12,21-22H,1H3,(H,19,20). The molecular weight excluding hydrogens is 354 g/mol. The summed E-state index contributed by atoms with van der Waals surface area (Å²) in [6, 6.07) is 15.9. The van der Waals surface area contributed by atoms with Crippen LogP contribution in [0.2, 0.25) is 0 Å². The molecule has 2 aromatic carbocycles. The number of hydrogen-bond acceptors (Lipinski definition) is 6. The number of benzene rings is 2. The number of phenolic OH excluding ortho intramolecular Hbond substituents is 1. The Bertz CT molecular complexity index is 970. The van der Waals surface area contributed by atoms with Gasteiger partial charge in [0.1, 0.15) is 17.3 Å². The van der Waals surface area contributed by atoms with Crippen LogP contribution in [0.3, 0.4) is 0 Å². The minimum atomic E-state index is -3.71. The number of ether oxygens (including phenoxy) is 1. The minimum Gasteiger partial charge on any atom is -0.508 e. The van der Waals surface area contributed by atoms with Crippen molar-refractivity contribution in [1.29, 1.82) is 0 Å². The molecule has 1 aromatic heterocycles. The molecule has 3 N–H and O–H groups in total. The number of aromatic nitrogens is 1. The van der Waals surface area contributed by atoms with Crippen molar-refractivity contribution >= 4 is 27.2 Å². The molecule has 8 heteroatoms. The van der Waals surface area contributed by atoms with E-state index in [1.807, 2.05) is 0 Å². The van der Waals surface area contributed by atoms with Crippen LogP contribution < -0.4 is 14.8 Å². The number of pyridine rings is 1. The predicted octanol–water partition coefficient (Wildman–Crippen LogP) is 3.34. The van der Waals surface area contributed by atoms with Crippen LogP contribution in [-0.2, 0) is 10.0 Å². The second-order valence-electron chi connectivity index (χ2n) is 5.39. The zero-order chi connectivity index (χ0) is 18.6. The van der Waals surface area contributed by atoms with Crippen molar-refractivity contribution in [3.05, 3.63) is 66.9 Å². The van der Waals surface area contributed by atoms with Crippen molar-refractivity contribution in [3.63, 3.8) is 0 Å². The third kappa shape index (κ3) is 4.22. The molecule has 0 bridgehead atoms. The maximum atomic E-state index is 12.4. The highest BCUT2D eigenvalue weighted by atomic mass is 32.2. The first-order chi connectivity index (χ1) is 12.5. The van der Waals surface area contributed by atoms with Gasteiger partial charge in [-0.05, 0) is 60.7 Å². The number of phenols is 1. The number of nitrogens with one attached hydrogen (secondary N) is 2. The van der Waals surface area contributed by atoms with Crippen LogP contribution >= 0.6 is 0 Å². The molecule has 0 aliphatic carbocycles. The molecule has 3 rings (SSSR count). The van der Waals surface area contributed by atoms with Gasteiger partial charge in [-0.3, -0.25) is 4.72 Å². The van der Waals surface area contributed by atoms with Gasteiger partial charge in [-0.2, -0.15) is 0 Å². The van der Waals surface area contributed by atoms with E-state index in [1.165, 1.54) is 25.4 Å². The second kappa shape index (κ2) is 7.32. The minimum absolute atomic E-state index is 0.129. The number of nitrogens with zero attached hydrogens (tertiary/aromatic N) is 1. The first-order valence-electron chi connectivity index (χ1n) is 7.65. The number of anilines is 3. The van der Waals surface area contributed by atoms with Crippen LogP contribution in [0.5, 0.6) is 11.5 Å². The van der Waals surface area contributed by atoms with E-state index in [2.05, 4.69) is 15.0 Å². The summed E-state index contributed by atoms with van der Waals surface area (Å²) in [4.78, 5) is 4.31. The molecule has 0 atom stereocenters. The lowest BCUT2D eigenvalue weighted by Crippen LogP contribution is -2.13. The van der Waals surface area contributed by atoms with Crippen molar-refractivity contribution in [2.45, 2.75) is 4.90 Å². The fraction of sp³-hybridized carbons (Fsp3) is 0.0556. The summed E-state index contributed by atoms with van der Waals surface area (Å²) in [6.45, 7) is 0. The van der Waals surface area contributed by atoms with Gasteiger partial charge < -0.3 is 15.2 Å². The van der Waals surface area contributed by atoms with Gasteiger partial charge in [0.2, 0.25) is 0 Å².